The Labute approximate surface area is 110 Å². The molecule has 0 radical (unpaired) electrons. The molecule has 3 nitrogen and oxygen atoms in total. The average molecular weight is 248 g/mol. The Kier molecular flexibility index (Phi) is 4.38. The summed E-state index contributed by atoms with van der Waals surface area (Å²) >= 11 is 0. The van der Waals surface area contributed by atoms with Crippen LogP contribution in [0.4, 0.5) is 0 Å². The molecule has 2 N–H and O–H groups in total. The van der Waals surface area contributed by atoms with Gasteiger partial charge in [-0.1, -0.05) is 23.8 Å². The Morgan fingerprint density at radius 1 is 1.22 bits per heavy atom. The minimum Gasteiger partial charge on any atom is -0.379 e. The average Bonchev–Trinajstić information content (AvgIpc) is 2.35. The molecule has 1 aliphatic heterocycles. The predicted molar refractivity (Wildman–Crippen MR) is 74.7 cm³/mol. The molecule has 2 atom stereocenters. The van der Waals surface area contributed by atoms with Gasteiger partial charge in [0.15, 0.2) is 0 Å². The van der Waals surface area contributed by atoms with E-state index in [0.29, 0.717) is 6.04 Å². The topological polar surface area (TPSA) is 38.5 Å². The second kappa shape index (κ2) is 5.83. The molecule has 18 heavy (non-hydrogen) atoms. The maximum Gasteiger partial charge on any atom is 0.0594 e. The minimum absolute atomic E-state index is 0.128. The molecule has 1 aliphatic rings. The highest BCUT2D eigenvalue weighted by molar-refractivity contribution is 5.34. The van der Waals surface area contributed by atoms with Gasteiger partial charge in [0.05, 0.1) is 19.3 Å². The summed E-state index contributed by atoms with van der Waals surface area (Å²) in [4.78, 5) is 2.45. The van der Waals surface area contributed by atoms with E-state index in [4.69, 9.17) is 10.5 Å². The fourth-order valence-electron chi connectivity index (χ4n) is 2.75. The van der Waals surface area contributed by atoms with Crippen molar-refractivity contribution in [2.45, 2.75) is 32.9 Å². The number of benzene rings is 1. The summed E-state index contributed by atoms with van der Waals surface area (Å²) in [5.74, 6) is 0. The summed E-state index contributed by atoms with van der Waals surface area (Å²) in [6, 6.07) is 7.06. The van der Waals surface area contributed by atoms with Gasteiger partial charge in [-0.15, -0.1) is 0 Å². The zero-order valence-corrected chi connectivity index (χ0v) is 11.6. The molecular formula is C15H24N2O. The molecule has 1 aromatic rings. The molecule has 0 aromatic heterocycles. The molecule has 0 spiro atoms. The van der Waals surface area contributed by atoms with Gasteiger partial charge >= 0.3 is 0 Å². The Hall–Kier alpha value is -0.900. The van der Waals surface area contributed by atoms with Crippen molar-refractivity contribution in [1.29, 1.82) is 0 Å². The van der Waals surface area contributed by atoms with Gasteiger partial charge in [-0.25, -0.2) is 0 Å². The third-order valence-electron chi connectivity index (χ3n) is 3.69. The van der Waals surface area contributed by atoms with Crippen LogP contribution in [0.25, 0.3) is 0 Å². The van der Waals surface area contributed by atoms with E-state index < -0.39 is 0 Å². The lowest BCUT2D eigenvalue weighted by Gasteiger charge is -2.37. The Morgan fingerprint density at radius 3 is 2.50 bits per heavy atom. The molecule has 2 unspecified atom stereocenters. The SMILES string of the molecule is Cc1ccc(C)c(C(C(C)N)N2CCOCC2)c1. The van der Waals surface area contributed by atoms with Gasteiger partial charge in [0.1, 0.15) is 0 Å². The van der Waals surface area contributed by atoms with E-state index in [9.17, 15) is 0 Å². The Bertz CT molecular complexity index is 397. The van der Waals surface area contributed by atoms with Gasteiger partial charge in [0, 0.05) is 19.1 Å². The van der Waals surface area contributed by atoms with Crippen LogP contribution in [0.5, 0.6) is 0 Å². The monoisotopic (exact) mass is 248 g/mol. The zero-order chi connectivity index (χ0) is 13.1. The maximum absolute atomic E-state index is 6.24. The summed E-state index contributed by atoms with van der Waals surface area (Å²) < 4.78 is 5.44. The fraction of sp³-hybridized carbons (Fsp3) is 0.600. The highest BCUT2D eigenvalue weighted by Crippen LogP contribution is 2.27. The van der Waals surface area contributed by atoms with E-state index in [1.54, 1.807) is 0 Å². The fourth-order valence-corrected chi connectivity index (χ4v) is 2.75. The molecule has 0 bridgehead atoms. The zero-order valence-electron chi connectivity index (χ0n) is 11.6. The molecular weight excluding hydrogens is 224 g/mol. The number of nitrogens with two attached hydrogens (primary N) is 1. The van der Waals surface area contributed by atoms with Gasteiger partial charge < -0.3 is 10.5 Å². The van der Waals surface area contributed by atoms with Crippen molar-refractivity contribution in [1.82, 2.24) is 4.90 Å². The summed E-state index contributed by atoms with van der Waals surface area (Å²) in [6.07, 6.45) is 0. The maximum atomic E-state index is 6.24. The standard InChI is InChI=1S/C15H24N2O/c1-11-4-5-12(2)14(10-11)15(13(3)16)17-6-8-18-9-7-17/h4-5,10,13,15H,6-9,16H2,1-3H3. The van der Waals surface area contributed by atoms with Crippen LogP contribution in [0, 0.1) is 13.8 Å². The Morgan fingerprint density at radius 2 is 1.89 bits per heavy atom. The van der Waals surface area contributed by atoms with Crippen molar-refractivity contribution >= 4 is 0 Å². The van der Waals surface area contributed by atoms with Gasteiger partial charge in [-0.3, -0.25) is 4.90 Å². The first kappa shape index (κ1) is 13.5. The first-order valence-electron chi connectivity index (χ1n) is 6.74. The highest BCUT2D eigenvalue weighted by Gasteiger charge is 2.26. The second-order valence-corrected chi connectivity index (χ2v) is 5.31. The third-order valence-corrected chi connectivity index (χ3v) is 3.69. The number of aryl methyl sites for hydroxylation is 2. The summed E-state index contributed by atoms with van der Waals surface area (Å²) in [5, 5.41) is 0. The van der Waals surface area contributed by atoms with Crippen LogP contribution >= 0.6 is 0 Å². The number of morpholine rings is 1. The van der Waals surface area contributed by atoms with E-state index in [1.807, 2.05) is 0 Å². The van der Waals surface area contributed by atoms with Crippen molar-refractivity contribution < 1.29 is 4.74 Å². The minimum atomic E-state index is 0.128. The van der Waals surface area contributed by atoms with Crippen LogP contribution in [0.3, 0.4) is 0 Å². The smallest absolute Gasteiger partial charge is 0.0594 e. The third kappa shape index (κ3) is 2.91. The normalized spacial score (nSPS) is 20.7. The molecule has 2 rings (SSSR count). The number of rotatable bonds is 3. The van der Waals surface area contributed by atoms with Gasteiger partial charge in [0.2, 0.25) is 0 Å². The highest BCUT2D eigenvalue weighted by atomic mass is 16.5. The Balaban J connectivity index is 2.31. The van der Waals surface area contributed by atoms with Gasteiger partial charge in [-0.2, -0.15) is 0 Å². The molecule has 1 fully saturated rings. The number of hydrogen-bond donors (Lipinski definition) is 1. The van der Waals surface area contributed by atoms with Crippen LogP contribution < -0.4 is 5.73 Å². The van der Waals surface area contributed by atoms with Gasteiger partial charge in [0.25, 0.3) is 0 Å². The van der Waals surface area contributed by atoms with E-state index in [-0.39, 0.29) is 6.04 Å². The molecule has 100 valence electrons. The molecule has 0 saturated carbocycles. The predicted octanol–water partition coefficient (Wildman–Crippen LogP) is 2.02. The van der Waals surface area contributed by atoms with Crippen molar-refractivity contribution in [2.75, 3.05) is 26.3 Å². The summed E-state index contributed by atoms with van der Waals surface area (Å²) in [6.45, 7) is 9.98. The molecule has 0 aliphatic carbocycles. The quantitative estimate of drug-likeness (QED) is 0.889. The van der Waals surface area contributed by atoms with Crippen LogP contribution in [0.15, 0.2) is 18.2 Å². The van der Waals surface area contributed by atoms with E-state index in [1.165, 1.54) is 16.7 Å². The molecule has 1 heterocycles. The van der Waals surface area contributed by atoms with Crippen molar-refractivity contribution in [3.05, 3.63) is 34.9 Å². The summed E-state index contributed by atoms with van der Waals surface area (Å²) in [5.41, 5.74) is 10.2. The van der Waals surface area contributed by atoms with Gasteiger partial charge in [-0.05, 0) is 31.9 Å². The first-order chi connectivity index (χ1) is 8.59. The number of nitrogens with zero attached hydrogens (tertiary/aromatic N) is 1. The van der Waals surface area contributed by atoms with Crippen molar-refractivity contribution in [2.24, 2.45) is 5.73 Å². The number of ether oxygens (including phenoxy) is 1. The van der Waals surface area contributed by atoms with E-state index in [0.717, 1.165) is 26.3 Å². The second-order valence-electron chi connectivity index (χ2n) is 5.31. The van der Waals surface area contributed by atoms with E-state index >= 15 is 0 Å². The molecule has 0 amide bonds. The number of hydrogen-bond acceptors (Lipinski definition) is 3. The lowest BCUT2D eigenvalue weighted by molar-refractivity contribution is 0.0115. The lowest BCUT2D eigenvalue weighted by Crippen LogP contribution is -2.45. The van der Waals surface area contributed by atoms with Crippen LogP contribution in [-0.4, -0.2) is 37.2 Å². The molecule has 1 aromatic carbocycles. The van der Waals surface area contributed by atoms with Crippen molar-refractivity contribution in [3.63, 3.8) is 0 Å². The molecule has 3 heteroatoms. The van der Waals surface area contributed by atoms with Crippen molar-refractivity contribution in [3.8, 4) is 0 Å². The lowest BCUT2D eigenvalue weighted by atomic mass is 9.93. The molecule has 1 saturated heterocycles. The largest absolute Gasteiger partial charge is 0.379 e. The summed E-state index contributed by atoms with van der Waals surface area (Å²) in [7, 11) is 0. The van der Waals surface area contributed by atoms with Crippen LogP contribution in [-0.2, 0) is 4.74 Å². The van der Waals surface area contributed by atoms with E-state index in [2.05, 4.69) is 43.9 Å². The van der Waals surface area contributed by atoms with Crippen LogP contribution in [0.2, 0.25) is 0 Å². The first-order valence-corrected chi connectivity index (χ1v) is 6.74. The van der Waals surface area contributed by atoms with Crippen LogP contribution in [0.1, 0.15) is 29.7 Å².